The molecule has 42 heavy (non-hydrogen) atoms. The fraction of sp³-hybridized carbons (Fsp3) is 0.857. The summed E-state index contributed by atoms with van der Waals surface area (Å²) in [5.74, 6) is -90.0. The van der Waals surface area contributed by atoms with Gasteiger partial charge in [-0.15, -0.1) is 0 Å². The van der Waals surface area contributed by atoms with Gasteiger partial charge in [0.05, 0.1) is 0 Å². The van der Waals surface area contributed by atoms with Crippen LogP contribution >= 0.6 is 0 Å². The van der Waals surface area contributed by atoms with Crippen LogP contribution in [0.5, 0.6) is 0 Å². The molecule has 1 aliphatic rings. The van der Waals surface area contributed by atoms with Gasteiger partial charge in [0.2, 0.25) is 0 Å². The van der Waals surface area contributed by atoms with Crippen LogP contribution in [0.15, 0.2) is 0 Å². The first-order chi connectivity index (χ1) is 17.8. The predicted octanol–water partition coefficient (Wildman–Crippen LogP) is 6.63. The minimum Gasteiger partial charge on any atom is -0.412 e. The number of halogens is 24. The van der Waals surface area contributed by atoms with Crippen LogP contribution in [0.1, 0.15) is 0 Å². The zero-order valence-corrected chi connectivity index (χ0v) is 17.7. The second kappa shape index (κ2) is 8.98. The Bertz CT molecular complexity index is 1100. The lowest BCUT2D eigenvalue weighted by atomic mass is 9.92. The molecule has 1 aliphatic heterocycles. The summed E-state index contributed by atoms with van der Waals surface area (Å²) < 4.78 is 321. The topological polar surface area (TPSA) is 52.6 Å². The first kappa shape index (κ1) is 37.4. The lowest BCUT2D eigenvalue weighted by Crippen LogP contribution is -2.74. The Morgan fingerprint density at radius 1 is 0.500 bits per heavy atom. The van der Waals surface area contributed by atoms with Crippen molar-refractivity contribution >= 4 is 12.0 Å². The van der Waals surface area contributed by atoms with Gasteiger partial charge < -0.3 is 4.74 Å². The normalized spacial score (nSPS) is 24.6. The van der Waals surface area contributed by atoms with Gasteiger partial charge in [-0.1, -0.05) is 0 Å². The molecule has 0 spiro atoms. The molecular weight excluding hydrogens is 688 g/mol. The van der Waals surface area contributed by atoms with Crippen molar-refractivity contribution in [3.05, 3.63) is 0 Å². The molecule has 0 aromatic rings. The Kier molecular flexibility index (Phi) is 8.00. The molecule has 0 aromatic carbocycles. The van der Waals surface area contributed by atoms with Gasteiger partial charge in [-0.05, 0) is 0 Å². The van der Waals surface area contributed by atoms with Gasteiger partial charge in [-0.3, -0.25) is 9.53 Å². The van der Waals surface area contributed by atoms with E-state index in [0.717, 1.165) is 0 Å². The number of cyclic esters (lactones) is 1. The third-order valence-corrected chi connectivity index (χ3v) is 4.94. The minimum atomic E-state index is -8.91. The average molecular weight is 688 g/mol. The molecule has 0 saturated carbocycles. The lowest BCUT2D eigenvalue weighted by molar-refractivity contribution is -0.464. The number of ether oxygens (including phenoxy) is 2. The van der Waals surface area contributed by atoms with E-state index in [1.54, 1.807) is 0 Å². The van der Waals surface area contributed by atoms with Gasteiger partial charge in [-0.25, -0.2) is 4.79 Å². The van der Waals surface area contributed by atoms with E-state index in [0.29, 0.717) is 0 Å². The summed E-state index contributed by atoms with van der Waals surface area (Å²) in [5.41, 5.74) is 0. The molecule has 0 aliphatic carbocycles. The average Bonchev–Trinajstić information content (AvgIpc) is 3.05. The Morgan fingerprint density at radius 3 is 1.05 bits per heavy atom. The highest BCUT2D eigenvalue weighted by molar-refractivity contribution is 5.89. The van der Waals surface area contributed by atoms with Crippen molar-refractivity contribution in [3.8, 4) is 0 Å². The first-order valence-electron chi connectivity index (χ1n) is 8.76. The number of esters is 1. The molecule has 248 valence electrons. The molecule has 0 amide bonds. The number of rotatable bonds is 9. The van der Waals surface area contributed by atoms with Crippen molar-refractivity contribution in [2.75, 3.05) is 0 Å². The molecule has 0 N–H and O–H groups in total. The van der Waals surface area contributed by atoms with E-state index in [1.165, 1.54) is 0 Å². The second-order valence-corrected chi connectivity index (χ2v) is 7.57. The summed E-state index contributed by atoms with van der Waals surface area (Å²) in [4.78, 5) is 22.0. The van der Waals surface area contributed by atoms with Crippen LogP contribution < -0.4 is 0 Å². The molecule has 1 heterocycles. The van der Waals surface area contributed by atoms with E-state index < -0.39 is 83.4 Å². The van der Waals surface area contributed by atoms with E-state index in [9.17, 15) is 115 Å². The number of carbonyl (C=O) groups is 2. The summed E-state index contributed by atoms with van der Waals surface area (Å²) in [6.07, 6.45) is -16.1. The molecule has 0 radical (unpaired) electrons. The van der Waals surface area contributed by atoms with Crippen LogP contribution in [0.4, 0.5) is 105 Å². The van der Waals surface area contributed by atoms with Crippen LogP contribution in [-0.2, 0) is 19.1 Å². The van der Waals surface area contributed by atoms with Gasteiger partial charge in [0.25, 0.3) is 0 Å². The zero-order valence-electron chi connectivity index (χ0n) is 17.7. The number of hydrogen-bond donors (Lipinski definition) is 0. The summed E-state index contributed by atoms with van der Waals surface area (Å²) in [7, 11) is 0. The molecule has 2 unspecified atom stereocenters. The van der Waals surface area contributed by atoms with Crippen molar-refractivity contribution in [1.82, 2.24) is 0 Å². The Balaban J connectivity index is 4.00. The maximum Gasteiger partial charge on any atom is 0.460 e. The highest BCUT2D eigenvalue weighted by Gasteiger charge is 2.98. The smallest absolute Gasteiger partial charge is 0.412 e. The van der Waals surface area contributed by atoms with Gasteiger partial charge >= 0.3 is 83.4 Å². The fourth-order valence-corrected chi connectivity index (χ4v) is 2.53. The Morgan fingerprint density at radius 2 is 0.786 bits per heavy atom. The fourth-order valence-electron chi connectivity index (χ4n) is 2.53. The lowest BCUT2D eigenvalue weighted by Gasteiger charge is -2.42. The molecule has 4 nitrogen and oxygen atoms in total. The van der Waals surface area contributed by atoms with Gasteiger partial charge in [0.15, 0.2) is 0 Å². The van der Waals surface area contributed by atoms with Gasteiger partial charge in [0, 0.05) is 0 Å². The zero-order chi connectivity index (χ0) is 34.6. The highest BCUT2D eigenvalue weighted by Crippen LogP contribution is 2.65. The number of carbonyl (C=O) groups excluding carboxylic acids is 2. The summed E-state index contributed by atoms with van der Waals surface area (Å²) in [5, 5.41) is 0. The van der Waals surface area contributed by atoms with E-state index in [2.05, 4.69) is 4.74 Å². The van der Waals surface area contributed by atoms with Crippen molar-refractivity contribution < 1.29 is 124 Å². The molecule has 1 rings (SSSR count). The minimum absolute atomic E-state index is 1.86. The number of alkyl halides is 23. The van der Waals surface area contributed by atoms with Crippen LogP contribution in [0.2, 0.25) is 0 Å². The predicted molar refractivity (Wildman–Crippen MR) is 71.5 cm³/mol. The molecule has 0 bridgehead atoms. The molecule has 1 fully saturated rings. The maximum atomic E-state index is 14.5. The quantitative estimate of drug-likeness (QED) is 0.155. The Hall–Kier alpha value is -2.58. The molecular formula is C14F24O4. The largest absolute Gasteiger partial charge is 0.460 e. The third kappa shape index (κ3) is 4.07. The standard InChI is InChI=1S/C14F24O4/c15-1(39)4(6(19,20)8(23,24)10(27,28)12(31,32)14(36,37)38)41-2(40)3(16,42-4)5(17,18)7(21,22)9(25,26)11(29,30)13(33,34)35. The molecule has 2 atom stereocenters. The van der Waals surface area contributed by atoms with Crippen molar-refractivity contribution in [2.45, 2.75) is 71.4 Å². The van der Waals surface area contributed by atoms with Crippen molar-refractivity contribution in [1.29, 1.82) is 0 Å². The Labute approximate surface area is 209 Å². The maximum absolute atomic E-state index is 14.5. The van der Waals surface area contributed by atoms with E-state index in [-0.39, 0.29) is 0 Å². The first-order valence-corrected chi connectivity index (χ1v) is 8.76. The third-order valence-electron chi connectivity index (χ3n) is 4.94. The monoisotopic (exact) mass is 688 g/mol. The molecule has 1 saturated heterocycles. The highest BCUT2D eigenvalue weighted by atomic mass is 19.4. The van der Waals surface area contributed by atoms with E-state index >= 15 is 0 Å². The van der Waals surface area contributed by atoms with Gasteiger partial charge in [0.1, 0.15) is 0 Å². The summed E-state index contributed by atoms with van der Waals surface area (Å²) >= 11 is 0. The van der Waals surface area contributed by atoms with Crippen LogP contribution in [0.25, 0.3) is 0 Å². The summed E-state index contributed by atoms with van der Waals surface area (Å²) in [6.45, 7) is 0. The van der Waals surface area contributed by atoms with Crippen molar-refractivity contribution in [3.63, 3.8) is 0 Å². The van der Waals surface area contributed by atoms with E-state index in [1.807, 2.05) is 4.74 Å². The summed E-state index contributed by atoms with van der Waals surface area (Å²) in [6, 6.07) is -5.20. The van der Waals surface area contributed by atoms with E-state index in [4.69, 9.17) is 0 Å². The molecule has 28 heteroatoms. The number of hydrogen-bond acceptors (Lipinski definition) is 4. The van der Waals surface area contributed by atoms with Crippen LogP contribution in [-0.4, -0.2) is 83.4 Å². The second-order valence-electron chi connectivity index (χ2n) is 7.57. The van der Waals surface area contributed by atoms with Crippen LogP contribution in [0, 0.1) is 0 Å². The molecule has 0 aromatic heterocycles. The SMILES string of the molecule is O=C1OC(C(=O)F)(C(F)(F)C(F)(F)C(F)(F)C(F)(F)C(F)(F)F)OC1(F)C(F)(F)C(F)(F)C(F)(F)C(F)(F)C(F)(F)F. The van der Waals surface area contributed by atoms with Crippen molar-refractivity contribution in [2.24, 2.45) is 0 Å². The van der Waals surface area contributed by atoms with Crippen LogP contribution in [0.3, 0.4) is 0 Å². The van der Waals surface area contributed by atoms with Gasteiger partial charge in [-0.2, -0.15) is 105 Å².